The number of aromatic nitrogens is 4. The highest BCUT2D eigenvalue weighted by Crippen LogP contribution is 2.26. The number of carbonyl (C=O) groups is 1. The standard InChI is InChI=1S/C19H19N5O2/c25-19(16-7-5-14(6-8-16)11-24-13-21-22-23-24)20-10-15-9-17-3-1-2-4-18(17)26-12-15/h1-8,13,15H,9-12H2,(H,20,25). The van der Waals surface area contributed by atoms with E-state index in [0.29, 0.717) is 25.3 Å². The van der Waals surface area contributed by atoms with Crippen LogP contribution in [0.15, 0.2) is 54.9 Å². The Bertz CT molecular complexity index is 877. The number of fused-ring (bicyclic) bond motifs is 1. The summed E-state index contributed by atoms with van der Waals surface area (Å²) in [6.45, 7) is 1.80. The number of rotatable bonds is 5. The SMILES string of the molecule is O=C(NCC1COc2ccccc2C1)c1ccc(Cn2cnnn2)cc1. The summed E-state index contributed by atoms with van der Waals surface area (Å²) in [5.41, 5.74) is 2.87. The molecule has 1 amide bonds. The van der Waals surface area contributed by atoms with Crippen molar-refractivity contribution in [1.29, 1.82) is 0 Å². The van der Waals surface area contributed by atoms with Crippen LogP contribution in [0.3, 0.4) is 0 Å². The maximum absolute atomic E-state index is 12.4. The molecule has 26 heavy (non-hydrogen) atoms. The van der Waals surface area contributed by atoms with Gasteiger partial charge in [-0.1, -0.05) is 30.3 Å². The molecule has 1 atom stereocenters. The van der Waals surface area contributed by atoms with E-state index in [9.17, 15) is 4.79 Å². The van der Waals surface area contributed by atoms with Gasteiger partial charge in [-0.3, -0.25) is 4.79 Å². The van der Waals surface area contributed by atoms with Crippen molar-refractivity contribution in [2.45, 2.75) is 13.0 Å². The number of ether oxygens (including phenoxy) is 1. The highest BCUT2D eigenvalue weighted by atomic mass is 16.5. The molecule has 1 unspecified atom stereocenters. The van der Waals surface area contributed by atoms with E-state index in [-0.39, 0.29) is 11.8 Å². The predicted octanol–water partition coefficient (Wildman–Crippen LogP) is 1.70. The van der Waals surface area contributed by atoms with Crippen molar-refractivity contribution < 1.29 is 9.53 Å². The number of benzene rings is 2. The van der Waals surface area contributed by atoms with Gasteiger partial charge >= 0.3 is 0 Å². The van der Waals surface area contributed by atoms with Crippen molar-refractivity contribution in [2.75, 3.05) is 13.2 Å². The second-order valence-corrected chi connectivity index (χ2v) is 6.40. The molecular weight excluding hydrogens is 330 g/mol. The van der Waals surface area contributed by atoms with Gasteiger partial charge in [0.25, 0.3) is 5.91 Å². The maximum atomic E-state index is 12.4. The van der Waals surface area contributed by atoms with Crippen LogP contribution in [0.1, 0.15) is 21.5 Å². The minimum atomic E-state index is -0.0715. The summed E-state index contributed by atoms with van der Waals surface area (Å²) in [6, 6.07) is 15.5. The van der Waals surface area contributed by atoms with Gasteiger partial charge in [0.15, 0.2) is 0 Å². The number of nitrogens with one attached hydrogen (secondary N) is 1. The van der Waals surface area contributed by atoms with Crippen LogP contribution in [0.2, 0.25) is 0 Å². The highest BCUT2D eigenvalue weighted by Gasteiger charge is 2.20. The van der Waals surface area contributed by atoms with Gasteiger partial charge in [-0.05, 0) is 46.2 Å². The first kappa shape index (κ1) is 16.3. The zero-order valence-corrected chi connectivity index (χ0v) is 14.2. The molecule has 0 radical (unpaired) electrons. The first-order valence-corrected chi connectivity index (χ1v) is 8.56. The fraction of sp³-hybridized carbons (Fsp3) is 0.263. The summed E-state index contributed by atoms with van der Waals surface area (Å²) in [5.74, 6) is 1.17. The zero-order valence-electron chi connectivity index (χ0n) is 14.2. The molecule has 1 aliphatic rings. The Balaban J connectivity index is 1.31. The molecular formula is C19H19N5O2. The fourth-order valence-electron chi connectivity index (χ4n) is 3.06. The van der Waals surface area contributed by atoms with Gasteiger partial charge in [-0.15, -0.1) is 5.10 Å². The summed E-state index contributed by atoms with van der Waals surface area (Å²) in [6.07, 6.45) is 2.48. The van der Waals surface area contributed by atoms with E-state index in [1.54, 1.807) is 11.0 Å². The number of carbonyl (C=O) groups excluding carboxylic acids is 1. The van der Waals surface area contributed by atoms with Gasteiger partial charge < -0.3 is 10.1 Å². The first-order valence-electron chi connectivity index (χ1n) is 8.56. The molecule has 0 aliphatic carbocycles. The number of para-hydroxylation sites is 1. The van der Waals surface area contributed by atoms with Gasteiger partial charge in [0.2, 0.25) is 0 Å². The van der Waals surface area contributed by atoms with Crippen LogP contribution in [-0.4, -0.2) is 39.3 Å². The average molecular weight is 349 g/mol. The quantitative estimate of drug-likeness (QED) is 0.758. The van der Waals surface area contributed by atoms with Crippen molar-refractivity contribution in [1.82, 2.24) is 25.5 Å². The first-order chi connectivity index (χ1) is 12.8. The molecule has 2 heterocycles. The van der Waals surface area contributed by atoms with Crippen LogP contribution in [0, 0.1) is 5.92 Å². The van der Waals surface area contributed by atoms with E-state index < -0.39 is 0 Å². The lowest BCUT2D eigenvalue weighted by atomic mass is 9.96. The zero-order chi connectivity index (χ0) is 17.8. The summed E-state index contributed by atoms with van der Waals surface area (Å²) in [7, 11) is 0. The molecule has 7 nitrogen and oxygen atoms in total. The molecule has 0 saturated carbocycles. The average Bonchev–Trinajstić information content (AvgIpc) is 3.19. The van der Waals surface area contributed by atoms with Crippen LogP contribution >= 0.6 is 0 Å². The second kappa shape index (κ2) is 7.35. The lowest BCUT2D eigenvalue weighted by Crippen LogP contribution is -2.34. The van der Waals surface area contributed by atoms with Gasteiger partial charge in [0.1, 0.15) is 12.1 Å². The minimum Gasteiger partial charge on any atom is -0.493 e. The van der Waals surface area contributed by atoms with E-state index in [1.165, 1.54) is 5.56 Å². The Morgan fingerprint density at radius 2 is 2.04 bits per heavy atom. The predicted molar refractivity (Wildman–Crippen MR) is 94.8 cm³/mol. The van der Waals surface area contributed by atoms with Crippen molar-refractivity contribution >= 4 is 5.91 Å². The molecule has 0 fully saturated rings. The van der Waals surface area contributed by atoms with Crippen molar-refractivity contribution in [2.24, 2.45) is 5.92 Å². The van der Waals surface area contributed by atoms with E-state index in [2.05, 4.69) is 26.9 Å². The summed E-state index contributed by atoms with van der Waals surface area (Å²) in [4.78, 5) is 12.4. The molecule has 0 saturated heterocycles. The maximum Gasteiger partial charge on any atom is 0.251 e. The molecule has 0 spiro atoms. The Morgan fingerprint density at radius 1 is 1.19 bits per heavy atom. The Kier molecular flexibility index (Phi) is 4.59. The Labute approximate surface area is 151 Å². The molecule has 1 aliphatic heterocycles. The number of amides is 1. The van der Waals surface area contributed by atoms with E-state index in [1.807, 2.05) is 42.5 Å². The van der Waals surface area contributed by atoms with Crippen LogP contribution < -0.4 is 10.1 Å². The monoisotopic (exact) mass is 349 g/mol. The Hall–Kier alpha value is -3.22. The topological polar surface area (TPSA) is 81.9 Å². The summed E-state index contributed by atoms with van der Waals surface area (Å²) < 4.78 is 7.40. The highest BCUT2D eigenvalue weighted by molar-refractivity contribution is 5.94. The number of tetrazole rings is 1. The number of nitrogens with zero attached hydrogens (tertiary/aromatic N) is 4. The molecule has 1 aromatic heterocycles. The van der Waals surface area contributed by atoms with Crippen LogP contribution in [-0.2, 0) is 13.0 Å². The number of hydrogen-bond donors (Lipinski definition) is 1. The molecule has 4 rings (SSSR count). The van der Waals surface area contributed by atoms with Crippen molar-refractivity contribution in [3.63, 3.8) is 0 Å². The Morgan fingerprint density at radius 3 is 2.85 bits per heavy atom. The van der Waals surface area contributed by atoms with Crippen molar-refractivity contribution in [3.05, 3.63) is 71.5 Å². The van der Waals surface area contributed by atoms with Gasteiger partial charge in [-0.2, -0.15) is 0 Å². The third kappa shape index (κ3) is 3.72. The van der Waals surface area contributed by atoms with E-state index in [0.717, 1.165) is 17.7 Å². The fourth-order valence-corrected chi connectivity index (χ4v) is 3.06. The summed E-state index contributed by atoms with van der Waals surface area (Å²) >= 11 is 0. The lowest BCUT2D eigenvalue weighted by Gasteiger charge is -2.25. The molecule has 1 N–H and O–H groups in total. The van der Waals surface area contributed by atoms with Crippen LogP contribution in [0.4, 0.5) is 0 Å². The van der Waals surface area contributed by atoms with Gasteiger partial charge in [0, 0.05) is 18.0 Å². The lowest BCUT2D eigenvalue weighted by molar-refractivity contribution is 0.0939. The van der Waals surface area contributed by atoms with Gasteiger partial charge in [0.05, 0.1) is 13.2 Å². The van der Waals surface area contributed by atoms with Gasteiger partial charge in [-0.25, -0.2) is 4.68 Å². The molecule has 2 aromatic carbocycles. The summed E-state index contributed by atoms with van der Waals surface area (Å²) in [5, 5.41) is 14.0. The molecule has 3 aromatic rings. The van der Waals surface area contributed by atoms with E-state index in [4.69, 9.17) is 4.74 Å². The smallest absolute Gasteiger partial charge is 0.251 e. The van der Waals surface area contributed by atoms with Crippen LogP contribution in [0.25, 0.3) is 0 Å². The third-order valence-electron chi connectivity index (χ3n) is 4.46. The second-order valence-electron chi connectivity index (χ2n) is 6.40. The third-order valence-corrected chi connectivity index (χ3v) is 4.46. The molecule has 7 heteroatoms. The van der Waals surface area contributed by atoms with E-state index >= 15 is 0 Å². The normalized spacial score (nSPS) is 15.8. The molecule has 0 bridgehead atoms. The minimum absolute atomic E-state index is 0.0715. The largest absolute Gasteiger partial charge is 0.493 e. The van der Waals surface area contributed by atoms with Crippen LogP contribution in [0.5, 0.6) is 5.75 Å². The van der Waals surface area contributed by atoms with Crippen molar-refractivity contribution in [3.8, 4) is 5.75 Å². The number of hydrogen-bond acceptors (Lipinski definition) is 5. The molecule has 132 valence electrons.